The maximum Gasteiger partial charge on any atom is 0.337 e. The minimum atomic E-state index is -0.412. The van der Waals surface area contributed by atoms with Crippen LogP contribution in [0.25, 0.3) is 0 Å². The van der Waals surface area contributed by atoms with Crippen molar-refractivity contribution < 1.29 is 14.3 Å². The molecule has 2 N–H and O–H groups in total. The monoisotopic (exact) mass is 325 g/mol. The number of carbonyl (C=O) groups excluding carboxylic acids is 1. The average molecular weight is 325 g/mol. The molecule has 0 aliphatic heterocycles. The van der Waals surface area contributed by atoms with E-state index in [0.717, 1.165) is 5.75 Å². The lowest BCUT2D eigenvalue weighted by molar-refractivity contribution is 0.0601. The van der Waals surface area contributed by atoms with Crippen LogP contribution in [0.4, 0.5) is 5.69 Å². The van der Waals surface area contributed by atoms with E-state index in [2.05, 4.69) is 16.9 Å². The molecule has 2 aromatic carbocycles. The highest BCUT2D eigenvalue weighted by Gasteiger charge is 2.15. The lowest BCUT2D eigenvalue weighted by Crippen LogP contribution is -2.04. The molecule has 0 atom stereocenters. The van der Waals surface area contributed by atoms with Crippen LogP contribution >= 0.6 is 0 Å². The van der Waals surface area contributed by atoms with Crippen molar-refractivity contribution in [3.8, 4) is 11.5 Å². The first-order valence-corrected chi connectivity index (χ1v) is 8.43. The summed E-state index contributed by atoms with van der Waals surface area (Å²) in [4.78, 5) is 11.5. The van der Waals surface area contributed by atoms with Gasteiger partial charge in [0.15, 0.2) is 0 Å². The normalized spacial score (nSPS) is 15.0. The minimum Gasteiger partial charge on any atom is -0.465 e. The van der Waals surface area contributed by atoms with E-state index in [1.807, 2.05) is 12.1 Å². The molecule has 1 aliphatic carbocycles. The van der Waals surface area contributed by atoms with Gasteiger partial charge in [-0.15, -0.1) is 0 Å². The van der Waals surface area contributed by atoms with Gasteiger partial charge in [-0.2, -0.15) is 0 Å². The third kappa shape index (κ3) is 3.70. The van der Waals surface area contributed by atoms with Crippen LogP contribution in [-0.2, 0) is 4.74 Å². The number of ether oxygens (including phenoxy) is 2. The van der Waals surface area contributed by atoms with Crippen LogP contribution in [0.2, 0.25) is 0 Å². The summed E-state index contributed by atoms with van der Waals surface area (Å²) in [5.41, 5.74) is 8.18. The summed E-state index contributed by atoms with van der Waals surface area (Å²) < 4.78 is 10.5. The maximum absolute atomic E-state index is 11.5. The molecule has 0 amide bonds. The van der Waals surface area contributed by atoms with E-state index in [0.29, 0.717) is 22.9 Å². The van der Waals surface area contributed by atoms with E-state index in [9.17, 15) is 4.79 Å². The van der Waals surface area contributed by atoms with Crippen molar-refractivity contribution in [3.63, 3.8) is 0 Å². The third-order valence-electron chi connectivity index (χ3n) is 4.62. The Labute approximate surface area is 142 Å². The Morgan fingerprint density at radius 2 is 1.75 bits per heavy atom. The van der Waals surface area contributed by atoms with E-state index < -0.39 is 5.97 Å². The quantitative estimate of drug-likeness (QED) is 0.642. The Hall–Kier alpha value is -2.49. The highest BCUT2D eigenvalue weighted by atomic mass is 16.5. The first kappa shape index (κ1) is 16.4. The fraction of sp³-hybridized carbons (Fsp3) is 0.350. The van der Waals surface area contributed by atoms with Crippen LogP contribution in [0.1, 0.15) is 53.9 Å². The molecule has 0 heterocycles. The number of carbonyl (C=O) groups is 1. The number of methoxy groups -OCH3 is 1. The van der Waals surface area contributed by atoms with Gasteiger partial charge in [0, 0.05) is 0 Å². The van der Waals surface area contributed by atoms with Gasteiger partial charge in [0.1, 0.15) is 11.5 Å². The van der Waals surface area contributed by atoms with Crippen molar-refractivity contribution in [2.75, 3.05) is 12.8 Å². The fourth-order valence-corrected chi connectivity index (χ4v) is 3.26. The molecular weight excluding hydrogens is 302 g/mol. The highest BCUT2D eigenvalue weighted by Crippen LogP contribution is 2.34. The predicted octanol–water partition coefficient (Wildman–Crippen LogP) is 4.90. The van der Waals surface area contributed by atoms with Gasteiger partial charge < -0.3 is 15.2 Å². The van der Waals surface area contributed by atoms with Gasteiger partial charge in [0.05, 0.1) is 18.4 Å². The molecule has 4 nitrogen and oxygen atoms in total. The molecule has 2 aromatic rings. The molecule has 0 radical (unpaired) electrons. The number of hydrogen-bond acceptors (Lipinski definition) is 4. The second-order valence-corrected chi connectivity index (χ2v) is 6.25. The van der Waals surface area contributed by atoms with Crippen LogP contribution < -0.4 is 10.5 Å². The summed E-state index contributed by atoms with van der Waals surface area (Å²) in [5.74, 6) is 1.54. The molecule has 1 saturated carbocycles. The van der Waals surface area contributed by atoms with Gasteiger partial charge in [0.25, 0.3) is 0 Å². The second kappa shape index (κ2) is 7.39. The van der Waals surface area contributed by atoms with Crippen molar-refractivity contribution >= 4 is 11.7 Å². The van der Waals surface area contributed by atoms with Gasteiger partial charge >= 0.3 is 5.97 Å². The van der Waals surface area contributed by atoms with E-state index >= 15 is 0 Å². The van der Waals surface area contributed by atoms with E-state index in [4.69, 9.17) is 10.5 Å². The molecule has 0 spiro atoms. The van der Waals surface area contributed by atoms with E-state index in [1.165, 1.54) is 44.8 Å². The molecular formula is C20H23NO3. The van der Waals surface area contributed by atoms with E-state index in [-0.39, 0.29) is 0 Å². The number of rotatable bonds is 4. The zero-order chi connectivity index (χ0) is 16.9. The smallest absolute Gasteiger partial charge is 0.337 e. The van der Waals surface area contributed by atoms with Gasteiger partial charge in [-0.05, 0) is 54.7 Å². The number of hydrogen-bond donors (Lipinski definition) is 1. The number of nitrogen functional groups attached to an aromatic ring is 1. The Morgan fingerprint density at radius 1 is 1.04 bits per heavy atom. The topological polar surface area (TPSA) is 61.5 Å². The first-order valence-electron chi connectivity index (χ1n) is 8.43. The van der Waals surface area contributed by atoms with Crippen molar-refractivity contribution in [2.45, 2.75) is 38.0 Å². The van der Waals surface area contributed by atoms with Gasteiger partial charge in [0.2, 0.25) is 0 Å². The van der Waals surface area contributed by atoms with Gasteiger partial charge in [-0.25, -0.2) is 4.79 Å². The second-order valence-electron chi connectivity index (χ2n) is 6.25. The average Bonchev–Trinajstić information content (AvgIpc) is 2.64. The van der Waals surface area contributed by atoms with Gasteiger partial charge in [-0.3, -0.25) is 0 Å². The van der Waals surface area contributed by atoms with Crippen LogP contribution in [0.15, 0.2) is 42.5 Å². The Morgan fingerprint density at radius 3 is 2.38 bits per heavy atom. The maximum atomic E-state index is 11.5. The summed E-state index contributed by atoms with van der Waals surface area (Å²) in [5, 5.41) is 0. The standard InChI is InChI=1S/C20H23NO3/c1-23-20(22)16-9-12-19(18(21)13-16)24-17-10-7-15(8-11-17)14-5-3-2-4-6-14/h7-14H,2-6,21H2,1H3. The Bertz CT molecular complexity index is 703. The van der Waals surface area contributed by atoms with Gasteiger partial charge in [-0.1, -0.05) is 31.4 Å². The zero-order valence-corrected chi connectivity index (χ0v) is 14.0. The summed E-state index contributed by atoms with van der Waals surface area (Å²) in [6.45, 7) is 0. The van der Waals surface area contributed by atoms with Crippen LogP contribution in [0.5, 0.6) is 11.5 Å². The molecule has 0 aromatic heterocycles. The molecule has 0 saturated heterocycles. The van der Waals surface area contributed by atoms with Crippen LogP contribution in [0.3, 0.4) is 0 Å². The van der Waals surface area contributed by atoms with Crippen LogP contribution in [-0.4, -0.2) is 13.1 Å². The Balaban J connectivity index is 1.70. The first-order chi connectivity index (χ1) is 11.7. The Kier molecular flexibility index (Phi) is 5.04. The number of esters is 1. The zero-order valence-electron chi connectivity index (χ0n) is 14.0. The molecule has 126 valence electrons. The number of anilines is 1. The molecule has 0 bridgehead atoms. The molecule has 3 rings (SSSR count). The largest absolute Gasteiger partial charge is 0.465 e. The van der Waals surface area contributed by atoms with Crippen molar-refractivity contribution in [2.24, 2.45) is 0 Å². The molecule has 1 fully saturated rings. The molecule has 0 unspecified atom stereocenters. The number of benzene rings is 2. The van der Waals surface area contributed by atoms with E-state index in [1.54, 1.807) is 18.2 Å². The lowest BCUT2D eigenvalue weighted by Gasteiger charge is -2.22. The molecule has 4 heteroatoms. The summed E-state index contributed by atoms with van der Waals surface area (Å²) in [7, 11) is 1.34. The fourth-order valence-electron chi connectivity index (χ4n) is 3.26. The highest BCUT2D eigenvalue weighted by molar-refractivity contribution is 5.90. The predicted molar refractivity (Wildman–Crippen MR) is 94.5 cm³/mol. The number of nitrogens with two attached hydrogens (primary N) is 1. The SMILES string of the molecule is COC(=O)c1ccc(Oc2ccc(C3CCCCC3)cc2)c(N)c1. The van der Waals surface area contributed by atoms with Crippen molar-refractivity contribution in [1.29, 1.82) is 0 Å². The molecule has 24 heavy (non-hydrogen) atoms. The van der Waals surface area contributed by atoms with Crippen molar-refractivity contribution in [3.05, 3.63) is 53.6 Å². The lowest BCUT2D eigenvalue weighted by atomic mass is 9.84. The summed E-state index contributed by atoms with van der Waals surface area (Å²) in [6.07, 6.45) is 6.57. The summed E-state index contributed by atoms with van der Waals surface area (Å²) >= 11 is 0. The minimum absolute atomic E-state index is 0.411. The van der Waals surface area contributed by atoms with Crippen molar-refractivity contribution in [1.82, 2.24) is 0 Å². The summed E-state index contributed by atoms with van der Waals surface area (Å²) in [6, 6.07) is 13.2. The molecule has 1 aliphatic rings. The van der Waals surface area contributed by atoms with Crippen LogP contribution in [0, 0.1) is 0 Å². The third-order valence-corrected chi connectivity index (χ3v) is 4.62.